The van der Waals surface area contributed by atoms with E-state index < -0.39 is 46.9 Å². The molecule has 2 fully saturated rings. The molecule has 0 spiro atoms. The molecule has 0 N–H and O–H groups in total. The Kier molecular flexibility index (Phi) is 5.93. The van der Waals surface area contributed by atoms with Crippen LogP contribution in [0.1, 0.15) is 53.4 Å². The zero-order chi connectivity index (χ0) is 19.5. The molecule has 0 radical (unpaired) electrons. The van der Waals surface area contributed by atoms with Crippen molar-refractivity contribution in [2.45, 2.75) is 65.6 Å². The molecule has 0 aromatic rings. The lowest BCUT2D eigenvalue weighted by molar-refractivity contribution is -0.174. The maximum Gasteiger partial charge on any atom is 0.347 e. The second-order valence-electron chi connectivity index (χ2n) is 7.68. The van der Waals surface area contributed by atoms with Crippen LogP contribution in [0.15, 0.2) is 0 Å². The molecule has 0 aromatic carbocycles. The third kappa shape index (κ3) is 4.34. The molecule has 2 saturated heterocycles. The average molecular weight is 370 g/mol. The number of rotatable bonds is 7. The average Bonchev–Trinajstić information content (AvgIpc) is 3.16. The summed E-state index contributed by atoms with van der Waals surface area (Å²) in [5.41, 5.74) is -2.01. The summed E-state index contributed by atoms with van der Waals surface area (Å²) in [6.07, 6.45) is -0.559. The predicted octanol–water partition coefficient (Wildman–Crippen LogP) is 1.54. The van der Waals surface area contributed by atoms with Crippen LogP contribution < -0.4 is 0 Å². The molecule has 2 heterocycles. The van der Waals surface area contributed by atoms with Gasteiger partial charge in [-0.25, -0.2) is 9.59 Å². The zero-order valence-electron chi connectivity index (χ0n) is 15.7. The van der Waals surface area contributed by atoms with E-state index in [1.54, 1.807) is 20.8 Å². The van der Waals surface area contributed by atoms with E-state index in [9.17, 15) is 19.2 Å². The number of ether oxygens (including phenoxy) is 4. The van der Waals surface area contributed by atoms with Crippen LogP contribution in [-0.2, 0) is 38.1 Å². The van der Waals surface area contributed by atoms with E-state index in [0.29, 0.717) is 19.3 Å². The first-order valence-electron chi connectivity index (χ1n) is 8.84. The number of hydrogen-bond donors (Lipinski definition) is 0. The molecule has 0 amide bonds. The second kappa shape index (κ2) is 7.63. The highest BCUT2D eigenvalue weighted by molar-refractivity contribution is 5.85. The number of esters is 4. The molecule has 8 heteroatoms. The Labute approximate surface area is 152 Å². The summed E-state index contributed by atoms with van der Waals surface area (Å²) in [5, 5.41) is 0. The lowest BCUT2D eigenvalue weighted by Gasteiger charge is -2.34. The molecule has 2 rings (SSSR count). The van der Waals surface area contributed by atoms with Gasteiger partial charge in [0.25, 0.3) is 0 Å². The highest BCUT2D eigenvalue weighted by atomic mass is 16.6. The van der Waals surface area contributed by atoms with Gasteiger partial charge < -0.3 is 18.9 Å². The molecule has 3 atom stereocenters. The van der Waals surface area contributed by atoms with Gasteiger partial charge in [0.1, 0.15) is 0 Å². The Morgan fingerprint density at radius 3 is 1.81 bits per heavy atom. The summed E-state index contributed by atoms with van der Waals surface area (Å²) >= 11 is 0. The molecule has 3 unspecified atom stereocenters. The van der Waals surface area contributed by atoms with Gasteiger partial charge in [0.15, 0.2) is 0 Å². The minimum Gasteiger partial charge on any atom is -0.463 e. The van der Waals surface area contributed by atoms with Crippen LogP contribution in [-0.4, -0.2) is 49.3 Å². The van der Waals surface area contributed by atoms with Gasteiger partial charge in [-0.1, -0.05) is 6.92 Å². The Morgan fingerprint density at radius 2 is 1.42 bits per heavy atom. The summed E-state index contributed by atoms with van der Waals surface area (Å²) < 4.78 is 20.2. The van der Waals surface area contributed by atoms with Gasteiger partial charge in [0, 0.05) is 12.8 Å². The van der Waals surface area contributed by atoms with Crippen molar-refractivity contribution in [3.63, 3.8) is 0 Å². The van der Waals surface area contributed by atoms with Gasteiger partial charge >= 0.3 is 23.9 Å². The van der Waals surface area contributed by atoms with E-state index in [0.717, 1.165) is 0 Å². The van der Waals surface area contributed by atoms with Crippen molar-refractivity contribution in [3.05, 3.63) is 0 Å². The van der Waals surface area contributed by atoms with Crippen molar-refractivity contribution in [3.8, 4) is 0 Å². The maximum atomic E-state index is 12.6. The summed E-state index contributed by atoms with van der Waals surface area (Å²) in [6.45, 7) is 7.27. The monoisotopic (exact) mass is 370 g/mol. The predicted molar refractivity (Wildman–Crippen MR) is 87.7 cm³/mol. The van der Waals surface area contributed by atoms with Gasteiger partial charge in [-0.15, -0.1) is 0 Å². The molecule has 8 nitrogen and oxygen atoms in total. The van der Waals surface area contributed by atoms with Crippen molar-refractivity contribution in [2.75, 3.05) is 13.2 Å². The first-order valence-corrected chi connectivity index (χ1v) is 8.84. The van der Waals surface area contributed by atoms with Crippen LogP contribution in [0.3, 0.4) is 0 Å². The fourth-order valence-corrected chi connectivity index (χ4v) is 3.12. The van der Waals surface area contributed by atoms with Gasteiger partial charge in [0.2, 0.25) is 12.2 Å². The van der Waals surface area contributed by atoms with Crippen molar-refractivity contribution in [2.24, 2.45) is 10.8 Å². The van der Waals surface area contributed by atoms with E-state index in [1.807, 2.05) is 6.92 Å². The van der Waals surface area contributed by atoms with Crippen LogP contribution >= 0.6 is 0 Å². The summed E-state index contributed by atoms with van der Waals surface area (Å²) in [7, 11) is 0. The van der Waals surface area contributed by atoms with Crippen LogP contribution in [0, 0.1) is 10.8 Å². The number of carbonyl (C=O) groups is 4. The van der Waals surface area contributed by atoms with E-state index in [2.05, 4.69) is 0 Å². The first-order chi connectivity index (χ1) is 12.1. The van der Waals surface area contributed by atoms with Crippen LogP contribution in [0.5, 0.6) is 0 Å². The standard InChI is InChI=1S/C18H26O8/c1-5-18(4,16(22)26-12-7-9-24-14(12)20)10-17(2,3)15(21)25-11-6-8-23-13(11)19/h11-12H,5-10H2,1-4H3. The molecule has 146 valence electrons. The number of hydrogen-bond acceptors (Lipinski definition) is 8. The Balaban J connectivity index is 2.02. The Bertz CT molecular complexity index is 596. The van der Waals surface area contributed by atoms with Crippen LogP contribution in [0.4, 0.5) is 0 Å². The molecule has 0 aliphatic carbocycles. The van der Waals surface area contributed by atoms with E-state index in [4.69, 9.17) is 18.9 Å². The molecule has 2 aliphatic heterocycles. The maximum absolute atomic E-state index is 12.6. The van der Waals surface area contributed by atoms with Crippen molar-refractivity contribution in [1.82, 2.24) is 0 Å². The van der Waals surface area contributed by atoms with Crippen LogP contribution in [0.25, 0.3) is 0 Å². The first kappa shape index (κ1) is 20.2. The van der Waals surface area contributed by atoms with E-state index in [1.165, 1.54) is 0 Å². The van der Waals surface area contributed by atoms with Gasteiger partial charge in [0.05, 0.1) is 24.0 Å². The Hall–Kier alpha value is -2.12. The third-order valence-corrected chi connectivity index (χ3v) is 4.93. The highest BCUT2D eigenvalue weighted by Crippen LogP contribution is 2.39. The Morgan fingerprint density at radius 1 is 0.962 bits per heavy atom. The third-order valence-electron chi connectivity index (χ3n) is 4.93. The fourth-order valence-electron chi connectivity index (χ4n) is 3.12. The SMILES string of the molecule is CCC(C)(CC(C)(C)C(=O)OC1CCOC1=O)C(=O)OC1CCOC1=O. The second-order valence-corrected chi connectivity index (χ2v) is 7.68. The smallest absolute Gasteiger partial charge is 0.347 e. The topological polar surface area (TPSA) is 105 Å². The van der Waals surface area contributed by atoms with Gasteiger partial charge in [-0.05, 0) is 33.6 Å². The summed E-state index contributed by atoms with van der Waals surface area (Å²) in [6, 6.07) is 0. The molecule has 0 saturated carbocycles. The number of carbonyl (C=O) groups excluding carboxylic acids is 4. The molecular weight excluding hydrogens is 344 g/mol. The van der Waals surface area contributed by atoms with Crippen molar-refractivity contribution in [1.29, 1.82) is 0 Å². The lowest BCUT2D eigenvalue weighted by atomic mass is 9.72. The quantitative estimate of drug-likeness (QED) is 0.491. The minimum atomic E-state index is -1.02. The molecule has 2 aliphatic rings. The number of cyclic esters (lactones) is 2. The molecule has 0 aromatic heterocycles. The largest absolute Gasteiger partial charge is 0.463 e. The highest BCUT2D eigenvalue weighted by Gasteiger charge is 2.46. The van der Waals surface area contributed by atoms with Crippen LogP contribution in [0.2, 0.25) is 0 Å². The normalized spacial score (nSPS) is 25.2. The van der Waals surface area contributed by atoms with E-state index in [-0.39, 0.29) is 19.6 Å². The van der Waals surface area contributed by atoms with E-state index >= 15 is 0 Å². The van der Waals surface area contributed by atoms with Crippen molar-refractivity contribution < 1.29 is 38.1 Å². The van der Waals surface area contributed by atoms with Gasteiger partial charge in [-0.3, -0.25) is 9.59 Å². The molecule has 0 bridgehead atoms. The lowest BCUT2D eigenvalue weighted by Crippen LogP contribution is -2.41. The van der Waals surface area contributed by atoms with Crippen molar-refractivity contribution >= 4 is 23.9 Å². The molecule has 26 heavy (non-hydrogen) atoms. The van der Waals surface area contributed by atoms with Gasteiger partial charge in [-0.2, -0.15) is 0 Å². The molecular formula is C18H26O8. The fraction of sp³-hybridized carbons (Fsp3) is 0.778. The minimum absolute atomic E-state index is 0.150. The summed E-state index contributed by atoms with van der Waals surface area (Å²) in [4.78, 5) is 48.2. The summed E-state index contributed by atoms with van der Waals surface area (Å²) in [5.74, 6) is -2.22. The zero-order valence-corrected chi connectivity index (χ0v) is 15.7.